The molecule has 0 amide bonds. The van der Waals surface area contributed by atoms with Crippen LogP contribution >= 0.6 is 0 Å². The molecule has 0 saturated heterocycles. The molecule has 1 aromatic heterocycles. The Bertz CT molecular complexity index is 515. The van der Waals surface area contributed by atoms with E-state index in [1.165, 1.54) is 5.56 Å². The van der Waals surface area contributed by atoms with Crippen molar-refractivity contribution in [3.8, 4) is 0 Å². The van der Waals surface area contributed by atoms with E-state index in [1.54, 1.807) is 18.6 Å². The molecule has 1 N–H and O–H groups in total. The second-order valence-corrected chi connectivity index (χ2v) is 5.80. The number of rotatable bonds is 3. The Morgan fingerprint density at radius 3 is 2.32 bits per heavy atom. The molecule has 0 fully saturated rings. The average Bonchev–Trinajstić information content (AvgIpc) is 2.39. The number of aromatic nitrogens is 2. The highest BCUT2D eigenvalue weighted by Gasteiger charge is 2.14. The summed E-state index contributed by atoms with van der Waals surface area (Å²) in [4.78, 5) is 8.09. The lowest BCUT2D eigenvalue weighted by Gasteiger charge is -2.19. The molecular formula is C16H20N2O. The van der Waals surface area contributed by atoms with Gasteiger partial charge >= 0.3 is 0 Å². The summed E-state index contributed by atoms with van der Waals surface area (Å²) in [6.45, 7) is 6.57. The Kier molecular flexibility index (Phi) is 3.96. The zero-order chi connectivity index (χ0) is 13.9. The second-order valence-electron chi connectivity index (χ2n) is 5.80. The Morgan fingerprint density at radius 1 is 1.11 bits per heavy atom. The lowest BCUT2D eigenvalue weighted by Crippen LogP contribution is -2.11. The fourth-order valence-corrected chi connectivity index (χ4v) is 1.95. The van der Waals surface area contributed by atoms with Gasteiger partial charge in [-0.05, 0) is 16.5 Å². The van der Waals surface area contributed by atoms with E-state index in [0.29, 0.717) is 12.1 Å². The molecule has 1 unspecified atom stereocenters. The van der Waals surface area contributed by atoms with Crippen molar-refractivity contribution in [2.45, 2.75) is 38.7 Å². The van der Waals surface area contributed by atoms with Crippen LogP contribution in [0.2, 0.25) is 0 Å². The van der Waals surface area contributed by atoms with Gasteiger partial charge in [0, 0.05) is 18.8 Å². The van der Waals surface area contributed by atoms with Gasteiger partial charge in [0.05, 0.1) is 11.9 Å². The van der Waals surface area contributed by atoms with Crippen molar-refractivity contribution >= 4 is 0 Å². The highest BCUT2D eigenvalue weighted by molar-refractivity contribution is 5.28. The van der Waals surface area contributed by atoms with E-state index in [0.717, 1.165) is 5.56 Å². The summed E-state index contributed by atoms with van der Waals surface area (Å²) in [5.74, 6) is 0. The quantitative estimate of drug-likeness (QED) is 0.918. The molecule has 0 spiro atoms. The monoisotopic (exact) mass is 256 g/mol. The summed E-state index contributed by atoms with van der Waals surface area (Å²) in [7, 11) is 0. The molecule has 0 radical (unpaired) electrons. The Labute approximate surface area is 114 Å². The number of aliphatic hydroxyl groups is 1. The van der Waals surface area contributed by atoms with Crippen molar-refractivity contribution in [2.75, 3.05) is 0 Å². The maximum atomic E-state index is 10.1. The van der Waals surface area contributed by atoms with Gasteiger partial charge in [-0.3, -0.25) is 9.97 Å². The predicted molar refractivity (Wildman–Crippen MR) is 75.8 cm³/mol. The van der Waals surface area contributed by atoms with Crippen LogP contribution in [0, 0.1) is 0 Å². The number of hydrogen-bond acceptors (Lipinski definition) is 3. The molecule has 19 heavy (non-hydrogen) atoms. The lowest BCUT2D eigenvalue weighted by atomic mass is 9.86. The van der Waals surface area contributed by atoms with Crippen molar-refractivity contribution in [1.82, 2.24) is 9.97 Å². The standard InChI is InChI=1S/C16H20N2O/c1-16(2,3)13-6-4-12(5-7-13)10-15(19)14-11-17-8-9-18-14/h4-9,11,15,19H,10H2,1-3H3. The third-order valence-electron chi connectivity index (χ3n) is 3.17. The fourth-order valence-electron chi connectivity index (χ4n) is 1.95. The van der Waals surface area contributed by atoms with Crippen molar-refractivity contribution in [3.05, 3.63) is 59.7 Å². The minimum Gasteiger partial charge on any atom is -0.386 e. The van der Waals surface area contributed by atoms with Crippen LogP contribution in [0.15, 0.2) is 42.9 Å². The van der Waals surface area contributed by atoms with Gasteiger partial charge in [-0.2, -0.15) is 0 Å². The largest absolute Gasteiger partial charge is 0.386 e. The van der Waals surface area contributed by atoms with E-state index >= 15 is 0 Å². The van der Waals surface area contributed by atoms with E-state index in [9.17, 15) is 5.11 Å². The molecule has 3 heteroatoms. The van der Waals surface area contributed by atoms with Crippen LogP contribution in [0.4, 0.5) is 0 Å². The first-order valence-corrected chi connectivity index (χ1v) is 6.50. The minimum absolute atomic E-state index is 0.155. The number of aliphatic hydroxyl groups excluding tert-OH is 1. The van der Waals surface area contributed by atoms with Crippen molar-refractivity contribution < 1.29 is 5.11 Å². The van der Waals surface area contributed by atoms with Gasteiger partial charge in [0.1, 0.15) is 6.10 Å². The predicted octanol–water partition coefficient (Wildman–Crippen LogP) is 3.05. The van der Waals surface area contributed by atoms with Gasteiger partial charge in [-0.15, -0.1) is 0 Å². The molecule has 0 aliphatic carbocycles. The van der Waals surface area contributed by atoms with Crippen molar-refractivity contribution in [3.63, 3.8) is 0 Å². The van der Waals surface area contributed by atoms with Gasteiger partial charge in [-0.1, -0.05) is 45.0 Å². The average molecular weight is 256 g/mol. The highest BCUT2D eigenvalue weighted by atomic mass is 16.3. The van der Waals surface area contributed by atoms with Gasteiger partial charge < -0.3 is 5.11 Å². The Morgan fingerprint density at radius 2 is 1.79 bits per heavy atom. The van der Waals surface area contributed by atoms with Gasteiger partial charge in [0.25, 0.3) is 0 Å². The van der Waals surface area contributed by atoms with E-state index in [-0.39, 0.29) is 5.41 Å². The topological polar surface area (TPSA) is 46.0 Å². The molecule has 2 aromatic rings. The SMILES string of the molecule is CC(C)(C)c1ccc(CC(O)c2cnccn2)cc1. The van der Waals surface area contributed by atoms with E-state index in [4.69, 9.17) is 0 Å². The zero-order valence-corrected chi connectivity index (χ0v) is 11.7. The molecule has 0 aliphatic rings. The van der Waals surface area contributed by atoms with Gasteiger partial charge in [0.2, 0.25) is 0 Å². The van der Waals surface area contributed by atoms with E-state index < -0.39 is 6.10 Å². The first kappa shape index (κ1) is 13.7. The molecule has 100 valence electrons. The Hall–Kier alpha value is -1.74. The van der Waals surface area contributed by atoms with Gasteiger partial charge in [-0.25, -0.2) is 0 Å². The first-order chi connectivity index (χ1) is 8.97. The zero-order valence-electron chi connectivity index (χ0n) is 11.7. The third kappa shape index (κ3) is 3.61. The molecule has 2 rings (SSSR count). The maximum Gasteiger partial charge on any atom is 0.102 e. The summed E-state index contributed by atoms with van der Waals surface area (Å²) in [6.07, 6.45) is 4.77. The second kappa shape index (κ2) is 5.49. The molecule has 0 aliphatic heterocycles. The molecule has 0 bridgehead atoms. The summed E-state index contributed by atoms with van der Waals surface area (Å²) in [5.41, 5.74) is 3.17. The van der Waals surface area contributed by atoms with Crippen LogP contribution in [0.1, 0.15) is 43.7 Å². The first-order valence-electron chi connectivity index (χ1n) is 6.50. The summed E-state index contributed by atoms with van der Waals surface area (Å²) < 4.78 is 0. The third-order valence-corrected chi connectivity index (χ3v) is 3.17. The van der Waals surface area contributed by atoms with Crippen LogP contribution in [0.5, 0.6) is 0 Å². The lowest BCUT2D eigenvalue weighted by molar-refractivity contribution is 0.173. The number of hydrogen-bond donors (Lipinski definition) is 1. The fraction of sp³-hybridized carbons (Fsp3) is 0.375. The summed E-state index contributed by atoms with van der Waals surface area (Å²) in [6, 6.07) is 8.39. The number of benzene rings is 1. The molecule has 1 heterocycles. The Balaban J connectivity index is 2.08. The van der Waals surface area contributed by atoms with E-state index in [1.807, 2.05) is 0 Å². The molecular weight excluding hydrogens is 236 g/mol. The maximum absolute atomic E-state index is 10.1. The van der Waals surface area contributed by atoms with Crippen LogP contribution in [0.25, 0.3) is 0 Å². The van der Waals surface area contributed by atoms with E-state index in [2.05, 4.69) is 55.0 Å². The van der Waals surface area contributed by atoms with Crippen LogP contribution in [0.3, 0.4) is 0 Å². The summed E-state index contributed by atoms with van der Waals surface area (Å²) in [5, 5.41) is 10.1. The van der Waals surface area contributed by atoms with Gasteiger partial charge in [0.15, 0.2) is 0 Å². The minimum atomic E-state index is -0.603. The van der Waals surface area contributed by atoms with Crippen molar-refractivity contribution in [2.24, 2.45) is 0 Å². The van der Waals surface area contributed by atoms with Crippen molar-refractivity contribution in [1.29, 1.82) is 0 Å². The summed E-state index contributed by atoms with van der Waals surface area (Å²) >= 11 is 0. The normalized spacial score (nSPS) is 13.3. The highest BCUT2D eigenvalue weighted by Crippen LogP contribution is 2.23. The van der Waals surface area contributed by atoms with Crippen LogP contribution in [-0.4, -0.2) is 15.1 Å². The number of nitrogens with zero attached hydrogens (tertiary/aromatic N) is 2. The molecule has 1 atom stereocenters. The smallest absolute Gasteiger partial charge is 0.102 e. The van der Waals surface area contributed by atoms with Crippen LogP contribution in [-0.2, 0) is 11.8 Å². The molecule has 0 saturated carbocycles. The van der Waals surface area contributed by atoms with Crippen LogP contribution < -0.4 is 0 Å². The molecule has 1 aromatic carbocycles. The molecule has 3 nitrogen and oxygen atoms in total.